The fourth-order valence-corrected chi connectivity index (χ4v) is 3.57. The predicted octanol–water partition coefficient (Wildman–Crippen LogP) is 1.05. The minimum Gasteiger partial charge on any atom is -0.473 e. The van der Waals surface area contributed by atoms with Gasteiger partial charge in [-0.15, -0.1) is 0 Å². The van der Waals surface area contributed by atoms with Crippen LogP contribution in [0.4, 0.5) is 4.79 Å². The molecule has 5 N–H and O–H groups in total. The molecule has 0 bridgehead atoms. The molecule has 2 rings (SSSR count). The molecule has 1 aromatic carbocycles. The van der Waals surface area contributed by atoms with Gasteiger partial charge in [-0.25, -0.2) is 4.79 Å². The van der Waals surface area contributed by atoms with Crippen molar-refractivity contribution in [3.05, 3.63) is 27.1 Å². The van der Waals surface area contributed by atoms with Crippen LogP contribution in [0.15, 0.2) is 27.1 Å². The number of ether oxygens (including phenoxy) is 1. The lowest BCUT2D eigenvalue weighted by Crippen LogP contribution is -2.51. The molecule has 1 aliphatic heterocycles. The van der Waals surface area contributed by atoms with Crippen molar-refractivity contribution in [1.29, 1.82) is 0 Å². The second-order valence-corrected chi connectivity index (χ2v) is 6.75. The summed E-state index contributed by atoms with van der Waals surface area (Å²) in [4.78, 5) is 35.6. The number of nitrogens with zero attached hydrogens (tertiary/aromatic N) is 1. The summed E-state index contributed by atoms with van der Waals surface area (Å²) in [5, 5.41) is 9.21. The summed E-state index contributed by atoms with van der Waals surface area (Å²) in [6.45, 7) is -0.390. The van der Waals surface area contributed by atoms with Gasteiger partial charge in [0.15, 0.2) is 0 Å². The minimum atomic E-state index is -1.69. The van der Waals surface area contributed by atoms with Crippen LogP contribution in [0.3, 0.4) is 0 Å². The standard InChI is InChI=1S/C13H13Br2N3O5/c14-6-2-1-3-7(15)9(6)23-13(11(17)20)4-8(10(16)19)18(5-13)12(21)22/h1-3,8H,4-5H2,(H2,16,19)(H2,17,20)(H,21,22)/t8-,13+/m0/s1. The molecule has 0 saturated carbocycles. The Kier molecular flexibility index (Phi) is 4.85. The van der Waals surface area contributed by atoms with E-state index in [1.165, 1.54) is 0 Å². The van der Waals surface area contributed by atoms with Gasteiger partial charge in [0.2, 0.25) is 11.5 Å². The van der Waals surface area contributed by atoms with Crippen molar-refractivity contribution >= 4 is 49.8 Å². The molecular weight excluding hydrogens is 438 g/mol. The zero-order valence-electron chi connectivity index (χ0n) is 11.7. The largest absolute Gasteiger partial charge is 0.473 e. The number of carbonyl (C=O) groups excluding carboxylic acids is 2. The van der Waals surface area contributed by atoms with Crippen molar-refractivity contribution in [3.63, 3.8) is 0 Å². The third kappa shape index (κ3) is 3.27. The van der Waals surface area contributed by atoms with Crippen LogP contribution in [-0.4, -0.2) is 46.1 Å². The van der Waals surface area contributed by atoms with Crippen LogP contribution in [0.25, 0.3) is 0 Å². The van der Waals surface area contributed by atoms with Gasteiger partial charge in [-0.3, -0.25) is 14.5 Å². The Balaban J connectivity index is 2.44. The molecule has 1 aromatic rings. The molecule has 8 nitrogen and oxygen atoms in total. The normalized spacial score (nSPS) is 23.6. The predicted molar refractivity (Wildman–Crippen MR) is 86.7 cm³/mol. The van der Waals surface area contributed by atoms with E-state index in [1.807, 2.05) is 0 Å². The third-order valence-electron chi connectivity index (χ3n) is 3.56. The molecule has 0 radical (unpaired) electrons. The Labute approximate surface area is 148 Å². The molecule has 0 unspecified atom stereocenters. The number of hydrogen-bond donors (Lipinski definition) is 3. The van der Waals surface area contributed by atoms with Crippen LogP contribution in [0, 0.1) is 0 Å². The molecule has 1 saturated heterocycles. The van der Waals surface area contributed by atoms with Gasteiger partial charge < -0.3 is 21.3 Å². The van der Waals surface area contributed by atoms with Gasteiger partial charge in [0, 0.05) is 6.42 Å². The number of primary amides is 2. The average Bonchev–Trinajstić information content (AvgIpc) is 2.85. The third-order valence-corrected chi connectivity index (χ3v) is 4.81. The number of likely N-dealkylation sites (tertiary alicyclic amines) is 1. The number of carbonyl (C=O) groups is 3. The van der Waals surface area contributed by atoms with E-state index >= 15 is 0 Å². The Morgan fingerprint density at radius 3 is 2.22 bits per heavy atom. The summed E-state index contributed by atoms with van der Waals surface area (Å²) in [6.07, 6.45) is -1.63. The van der Waals surface area contributed by atoms with Gasteiger partial charge in [-0.1, -0.05) is 6.07 Å². The molecule has 1 aliphatic rings. The maximum Gasteiger partial charge on any atom is 0.408 e. The second-order valence-electron chi connectivity index (χ2n) is 5.04. The zero-order chi connectivity index (χ0) is 17.4. The lowest BCUT2D eigenvalue weighted by molar-refractivity contribution is -0.132. The topological polar surface area (TPSA) is 136 Å². The molecule has 0 aliphatic carbocycles. The summed E-state index contributed by atoms with van der Waals surface area (Å²) < 4.78 is 6.84. The average molecular weight is 451 g/mol. The van der Waals surface area contributed by atoms with Crippen LogP contribution < -0.4 is 16.2 Å². The highest BCUT2D eigenvalue weighted by molar-refractivity contribution is 9.11. The summed E-state index contributed by atoms with van der Waals surface area (Å²) in [5.74, 6) is -1.47. The number of para-hydroxylation sites is 1. The maximum absolute atomic E-state index is 12.0. The van der Waals surface area contributed by atoms with Crippen molar-refractivity contribution in [2.24, 2.45) is 11.5 Å². The number of rotatable bonds is 4. The molecule has 1 heterocycles. The molecule has 10 heteroatoms. The summed E-state index contributed by atoms with van der Waals surface area (Å²) in [6, 6.07) is 3.91. The zero-order valence-corrected chi connectivity index (χ0v) is 14.8. The van der Waals surface area contributed by atoms with Gasteiger partial charge in [-0.05, 0) is 44.0 Å². The van der Waals surface area contributed by atoms with Crippen molar-refractivity contribution < 1.29 is 24.2 Å². The van der Waals surface area contributed by atoms with Gasteiger partial charge in [0.1, 0.15) is 11.8 Å². The van der Waals surface area contributed by atoms with Crippen LogP contribution in [0.5, 0.6) is 5.75 Å². The molecule has 124 valence electrons. The number of nitrogens with two attached hydrogens (primary N) is 2. The van der Waals surface area contributed by atoms with E-state index in [1.54, 1.807) is 18.2 Å². The fraction of sp³-hybridized carbons (Fsp3) is 0.308. The second kappa shape index (κ2) is 6.36. The molecule has 0 spiro atoms. The Morgan fingerprint density at radius 1 is 1.26 bits per heavy atom. The van der Waals surface area contributed by atoms with Gasteiger partial charge >= 0.3 is 6.09 Å². The number of hydrogen-bond acceptors (Lipinski definition) is 4. The SMILES string of the molecule is NC(=O)[C@@H]1C[C@](Oc2c(Br)cccc2Br)(C(N)=O)CN1C(=O)O. The van der Waals surface area contributed by atoms with E-state index in [9.17, 15) is 19.5 Å². The smallest absolute Gasteiger partial charge is 0.408 e. The highest BCUT2D eigenvalue weighted by atomic mass is 79.9. The first-order chi connectivity index (χ1) is 10.7. The van der Waals surface area contributed by atoms with E-state index in [0.29, 0.717) is 8.95 Å². The summed E-state index contributed by atoms with van der Waals surface area (Å²) >= 11 is 6.57. The van der Waals surface area contributed by atoms with Crippen molar-refractivity contribution in [2.45, 2.75) is 18.1 Å². The molecular formula is C13H13Br2N3O5. The number of halogens is 2. The summed E-state index contributed by atoms with van der Waals surface area (Å²) in [7, 11) is 0. The van der Waals surface area contributed by atoms with Crippen LogP contribution in [0.2, 0.25) is 0 Å². The lowest BCUT2D eigenvalue weighted by atomic mass is 9.98. The highest BCUT2D eigenvalue weighted by Gasteiger charge is 2.54. The van der Waals surface area contributed by atoms with Gasteiger partial charge in [0.25, 0.3) is 5.91 Å². The Hall–Kier alpha value is -1.81. The number of carboxylic acid groups (broad SMARTS) is 1. The molecule has 0 aromatic heterocycles. The first-order valence-electron chi connectivity index (χ1n) is 6.40. The van der Waals surface area contributed by atoms with E-state index in [4.69, 9.17) is 16.2 Å². The van der Waals surface area contributed by atoms with Crippen LogP contribution in [0.1, 0.15) is 6.42 Å². The molecule has 2 atom stereocenters. The van der Waals surface area contributed by atoms with E-state index in [2.05, 4.69) is 31.9 Å². The van der Waals surface area contributed by atoms with Crippen LogP contribution in [-0.2, 0) is 9.59 Å². The van der Waals surface area contributed by atoms with Gasteiger partial charge in [-0.2, -0.15) is 0 Å². The van der Waals surface area contributed by atoms with E-state index < -0.39 is 29.6 Å². The monoisotopic (exact) mass is 449 g/mol. The molecule has 3 amide bonds. The Morgan fingerprint density at radius 2 is 1.83 bits per heavy atom. The first kappa shape index (κ1) is 17.5. The highest BCUT2D eigenvalue weighted by Crippen LogP contribution is 2.39. The van der Waals surface area contributed by atoms with Crippen molar-refractivity contribution in [1.82, 2.24) is 4.90 Å². The fourth-order valence-electron chi connectivity index (χ4n) is 2.41. The van der Waals surface area contributed by atoms with Crippen molar-refractivity contribution in [3.8, 4) is 5.75 Å². The Bertz CT molecular complexity index is 639. The van der Waals surface area contributed by atoms with E-state index in [0.717, 1.165) is 4.90 Å². The maximum atomic E-state index is 12.0. The quantitative estimate of drug-likeness (QED) is 0.629. The number of benzene rings is 1. The summed E-state index contributed by atoms with van der Waals surface area (Å²) in [5.41, 5.74) is 8.98. The number of amides is 3. The van der Waals surface area contributed by atoms with E-state index in [-0.39, 0.29) is 18.7 Å². The minimum absolute atomic E-state index is 0.252. The lowest BCUT2D eigenvalue weighted by Gasteiger charge is -2.27. The molecule has 23 heavy (non-hydrogen) atoms. The van der Waals surface area contributed by atoms with Crippen molar-refractivity contribution in [2.75, 3.05) is 6.54 Å². The first-order valence-corrected chi connectivity index (χ1v) is 7.98. The molecule has 1 fully saturated rings. The van der Waals surface area contributed by atoms with Gasteiger partial charge in [0.05, 0.1) is 15.5 Å². The van der Waals surface area contributed by atoms with Crippen LogP contribution >= 0.6 is 31.9 Å².